The van der Waals surface area contributed by atoms with Crippen LogP contribution in [0, 0.1) is 0 Å². The normalized spacial score (nSPS) is 12.0. The Balaban J connectivity index is 1.92. The molecular formula is C18H19ClN2O3S. The van der Waals surface area contributed by atoms with Crippen LogP contribution in [0.3, 0.4) is 0 Å². The highest BCUT2D eigenvalue weighted by Gasteiger charge is 2.13. The van der Waals surface area contributed by atoms with Gasteiger partial charge in [0.1, 0.15) is 0 Å². The highest BCUT2D eigenvalue weighted by Crippen LogP contribution is 2.27. The van der Waals surface area contributed by atoms with Crippen LogP contribution in [-0.2, 0) is 4.79 Å². The molecule has 0 aliphatic rings. The first-order valence-electron chi connectivity index (χ1n) is 7.50. The van der Waals surface area contributed by atoms with Gasteiger partial charge in [-0.15, -0.1) is 11.8 Å². The molecule has 0 bridgehead atoms. The molecule has 7 heteroatoms. The molecule has 0 aromatic heterocycles. The minimum atomic E-state index is -0.288. The van der Waals surface area contributed by atoms with Crippen LogP contribution < -0.4 is 14.9 Å². The summed E-state index contributed by atoms with van der Waals surface area (Å²) in [4.78, 5) is 13.1. The Labute approximate surface area is 156 Å². The maximum Gasteiger partial charge on any atom is 0.253 e. The van der Waals surface area contributed by atoms with Gasteiger partial charge >= 0.3 is 0 Å². The van der Waals surface area contributed by atoms with Gasteiger partial charge in [-0.1, -0.05) is 11.6 Å². The van der Waals surface area contributed by atoms with Crippen LogP contribution in [-0.4, -0.2) is 31.6 Å². The number of carbonyl (C=O) groups excluding carboxylic acids is 1. The summed E-state index contributed by atoms with van der Waals surface area (Å²) in [6, 6.07) is 12.7. The van der Waals surface area contributed by atoms with Crippen LogP contribution in [0.25, 0.3) is 0 Å². The number of benzene rings is 2. The largest absolute Gasteiger partial charge is 0.493 e. The Morgan fingerprint density at radius 2 is 1.84 bits per heavy atom. The number of methoxy groups -OCH3 is 2. The lowest BCUT2D eigenvalue weighted by Crippen LogP contribution is -2.26. The van der Waals surface area contributed by atoms with Gasteiger partial charge in [0.2, 0.25) is 0 Å². The molecule has 25 heavy (non-hydrogen) atoms. The average Bonchev–Trinajstić information content (AvgIpc) is 2.63. The van der Waals surface area contributed by atoms with Crippen molar-refractivity contribution >= 4 is 35.5 Å². The Morgan fingerprint density at radius 3 is 2.48 bits per heavy atom. The highest BCUT2D eigenvalue weighted by molar-refractivity contribution is 8.00. The fraction of sp³-hybridized carbons (Fsp3) is 0.222. The van der Waals surface area contributed by atoms with Crippen LogP contribution in [0.2, 0.25) is 5.02 Å². The summed E-state index contributed by atoms with van der Waals surface area (Å²) in [7, 11) is 3.14. The molecule has 0 heterocycles. The number of halogens is 1. The summed E-state index contributed by atoms with van der Waals surface area (Å²) in [5.74, 6) is 1.05. The standard InChI is InChI=1S/C18H19ClN2O3S/c1-12(25-15-7-5-14(19)6-8-15)18(22)21-20-11-13-4-9-16(23-2)17(10-13)24-3/h4-12H,1-3H3,(H,21,22)/b20-11-/t12-/m0/s1. The van der Waals surface area contributed by atoms with Gasteiger partial charge in [-0.05, 0) is 55.0 Å². The lowest BCUT2D eigenvalue weighted by Gasteiger charge is -2.09. The third-order valence-electron chi connectivity index (χ3n) is 3.29. The van der Waals surface area contributed by atoms with Gasteiger partial charge in [-0.2, -0.15) is 5.10 Å². The topological polar surface area (TPSA) is 59.9 Å². The maximum absolute atomic E-state index is 12.1. The minimum Gasteiger partial charge on any atom is -0.493 e. The summed E-state index contributed by atoms with van der Waals surface area (Å²) < 4.78 is 10.4. The van der Waals surface area contributed by atoms with Crippen molar-refractivity contribution in [3.8, 4) is 11.5 Å². The molecule has 0 spiro atoms. The van der Waals surface area contributed by atoms with Gasteiger partial charge < -0.3 is 9.47 Å². The van der Waals surface area contributed by atoms with Crippen molar-refractivity contribution in [1.29, 1.82) is 0 Å². The SMILES string of the molecule is COc1ccc(/C=N\NC(=O)[C@H](C)Sc2ccc(Cl)cc2)cc1OC. The van der Waals surface area contributed by atoms with E-state index in [4.69, 9.17) is 21.1 Å². The second-order valence-electron chi connectivity index (χ2n) is 5.06. The molecule has 132 valence electrons. The predicted molar refractivity (Wildman–Crippen MR) is 102 cm³/mol. The predicted octanol–water partition coefficient (Wildman–Crippen LogP) is 3.99. The number of hydrogen-bond acceptors (Lipinski definition) is 5. The Hall–Kier alpha value is -2.18. The highest BCUT2D eigenvalue weighted by atomic mass is 35.5. The van der Waals surface area contributed by atoms with E-state index < -0.39 is 0 Å². The van der Waals surface area contributed by atoms with Gasteiger partial charge in [0.15, 0.2) is 11.5 Å². The number of hydrazone groups is 1. The van der Waals surface area contributed by atoms with Crippen LogP contribution >= 0.6 is 23.4 Å². The second-order valence-corrected chi connectivity index (χ2v) is 6.91. The van der Waals surface area contributed by atoms with Crippen molar-refractivity contribution in [3.63, 3.8) is 0 Å². The van der Waals surface area contributed by atoms with E-state index in [1.54, 1.807) is 44.7 Å². The molecule has 0 aliphatic heterocycles. The molecule has 0 saturated heterocycles. The van der Waals surface area contributed by atoms with Gasteiger partial charge in [0.25, 0.3) is 5.91 Å². The van der Waals surface area contributed by atoms with Crippen molar-refractivity contribution in [2.75, 3.05) is 14.2 Å². The van der Waals surface area contributed by atoms with E-state index >= 15 is 0 Å². The molecule has 2 rings (SSSR count). The van der Waals surface area contributed by atoms with Crippen molar-refractivity contribution in [3.05, 3.63) is 53.1 Å². The number of carbonyl (C=O) groups is 1. The van der Waals surface area contributed by atoms with E-state index in [0.717, 1.165) is 10.5 Å². The first-order valence-corrected chi connectivity index (χ1v) is 8.76. The summed E-state index contributed by atoms with van der Waals surface area (Å²) in [6.45, 7) is 1.82. The molecule has 1 amide bonds. The molecule has 0 fully saturated rings. The zero-order chi connectivity index (χ0) is 18.2. The first-order chi connectivity index (χ1) is 12.0. The fourth-order valence-corrected chi connectivity index (χ4v) is 2.95. The lowest BCUT2D eigenvalue weighted by atomic mass is 10.2. The Kier molecular flexibility index (Phi) is 7.16. The smallest absolute Gasteiger partial charge is 0.253 e. The molecular weight excluding hydrogens is 360 g/mol. The van der Waals surface area contributed by atoms with E-state index in [2.05, 4.69) is 10.5 Å². The van der Waals surface area contributed by atoms with E-state index in [-0.39, 0.29) is 11.2 Å². The van der Waals surface area contributed by atoms with Gasteiger partial charge in [-0.3, -0.25) is 4.79 Å². The van der Waals surface area contributed by atoms with E-state index in [1.807, 2.05) is 25.1 Å². The zero-order valence-electron chi connectivity index (χ0n) is 14.2. The number of rotatable bonds is 7. The maximum atomic E-state index is 12.1. The molecule has 2 aromatic carbocycles. The van der Waals surface area contributed by atoms with Gasteiger partial charge in [0.05, 0.1) is 25.7 Å². The molecule has 2 aromatic rings. The Bertz CT molecular complexity index is 750. The summed E-state index contributed by atoms with van der Waals surface area (Å²) >= 11 is 7.29. The van der Waals surface area contributed by atoms with Crippen LogP contribution in [0.5, 0.6) is 11.5 Å². The zero-order valence-corrected chi connectivity index (χ0v) is 15.7. The summed E-state index contributed by atoms with van der Waals surface area (Å²) in [5.41, 5.74) is 3.33. The molecule has 0 saturated carbocycles. The number of nitrogens with zero attached hydrogens (tertiary/aromatic N) is 1. The molecule has 0 aliphatic carbocycles. The van der Waals surface area contributed by atoms with E-state index in [0.29, 0.717) is 16.5 Å². The number of ether oxygens (including phenoxy) is 2. The van der Waals surface area contributed by atoms with Gasteiger partial charge in [0, 0.05) is 9.92 Å². The van der Waals surface area contributed by atoms with Crippen molar-refractivity contribution in [1.82, 2.24) is 5.43 Å². The minimum absolute atomic E-state index is 0.184. The molecule has 1 atom stereocenters. The molecule has 5 nitrogen and oxygen atoms in total. The van der Waals surface area contributed by atoms with Crippen molar-refractivity contribution in [2.45, 2.75) is 17.1 Å². The quantitative estimate of drug-likeness (QED) is 0.449. The third kappa shape index (κ3) is 5.69. The average molecular weight is 379 g/mol. The molecule has 0 radical (unpaired) electrons. The van der Waals surface area contributed by atoms with E-state index in [1.165, 1.54) is 11.8 Å². The number of amides is 1. The van der Waals surface area contributed by atoms with Crippen LogP contribution in [0.1, 0.15) is 12.5 Å². The second kappa shape index (κ2) is 9.34. The summed E-state index contributed by atoms with van der Waals surface area (Å²) in [5, 5.41) is 4.37. The summed E-state index contributed by atoms with van der Waals surface area (Å²) in [6.07, 6.45) is 1.56. The molecule has 1 N–H and O–H groups in total. The fourth-order valence-electron chi connectivity index (χ4n) is 1.97. The van der Waals surface area contributed by atoms with Gasteiger partial charge in [-0.25, -0.2) is 5.43 Å². The first kappa shape index (κ1) is 19.1. The number of thioether (sulfide) groups is 1. The lowest BCUT2D eigenvalue weighted by molar-refractivity contribution is -0.120. The van der Waals surface area contributed by atoms with Crippen molar-refractivity contribution in [2.24, 2.45) is 5.10 Å². The number of nitrogens with one attached hydrogen (secondary N) is 1. The number of hydrogen-bond donors (Lipinski definition) is 1. The third-order valence-corrected chi connectivity index (χ3v) is 4.66. The van der Waals surface area contributed by atoms with Crippen molar-refractivity contribution < 1.29 is 14.3 Å². The van der Waals surface area contributed by atoms with E-state index in [9.17, 15) is 4.79 Å². The monoisotopic (exact) mass is 378 g/mol. The van der Waals surface area contributed by atoms with Crippen LogP contribution in [0.4, 0.5) is 0 Å². The molecule has 0 unspecified atom stereocenters. The Morgan fingerprint density at radius 1 is 1.16 bits per heavy atom. The van der Waals surface area contributed by atoms with Crippen LogP contribution in [0.15, 0.2) is 52.5 Å².